The molecule has 0 saturated heterocycles. The van der Waals surface area contributed by atoms with E-state index in [-0.39, 0.29) is 18.5 Å². The summed E-state index contributed by atoms with van der Waals surface area (Å²) in [6, 6.07) is -0.552. The molecule has 0 rings (SSSR count). The van der Waals surface area contributed by atoms with Crippen LogP contribution in [0.25, 0.3) is 0 Å². The second kappa shape index (κ2) is 54.0. The third-order valence-electron chi connectivity index (χ3n) is 13.2. The lowest BCUT2D eigenvalue weighted by Gasteiger charge is -2.22. The average molecular weight is 903 g/mol. The number of carbonyl (C=O) groups excluding carboxylic acids is 2. The van der Waals surface area contributed by atoms with E-state index in [2.05, 4.69) is 43.5 Å². The number of aliphatic hydroxyl groups excluding tert-OH is 2. The molecule has 6 nitrogen and oxygen atoms in total. The van der Waals surface area contributed by atoms with Gasteiger partial charge in [0.2, 0.25) is 5.91 Å². The van der Waals surface area contributed by atoms with E-state index < -0.39 is 12.1 Å². The van der Waals surface area contributed by atoms with Crippen molar-refractivity contribution in [1.82, 2.24) is 5.32 Å². The van der Waals surface area contributed by atoms with E-state index in [9.17, 15) is 19.8 Å². The van der Waals surface area contributed by atoms with Crippen molar-refractivity contribution in [2.75, 3.05) is 13.2 Å². The number of aliphatic hydroxyl groups is 2. The van der Waals surface area contributed by atoms with Gasteiger partial charge in [0.25, 0.3) is 0 Å². The molecule has 0 spiro atoms. The number of hydrogen-bond donors (Lipinski definition) is 3. The zero-order chi connectivity index (χ0) is 46.5. The van der Waals surface area contributed by atoms with E-state index in [0.29, 0.717) is 25.9 Å². The van der Waals surface area contributed by atoms with Crippen LogP contribution in [0.5, 0.6) is 0 Å². The van der Waals surface area contributed by atoms with Crippen LogP contribution in [-0.4, -0.2) is 47.4 Å². The molecule has 378 valence electrons. The van der Waals surface area contributed by atoms with Gasteiger partial charge in [0.15, 0.2) is 0 Å². The van der Waals surface area contributed by atoms with Gasteiger partial charge in [-0.15, -0.1) is 0 Å². The van der Waals surface area contributed by atoms with Crippen LogP contribution in [0.1, 0.15) is 309 Å². The van der Waals surface area contributed by atoms with Gasteiger partial charge in [0.1, 0.15) is 0 Å². The zero-order valence-corrected chi connectivity index (χ0v) is 43.0. The average Bonchev–Trinajstić information content (AvgIpc) is 3.29. The van der Waals surface area contributed by atoms with E-state index in [0.717, 1.165) is 64.2 Å². The predicted octanol–water partition coefficient (Wildman–Crippen LogP) is 17.5. The summed E-state index contributed by atoms with van der Waals surface area (Å²) in [5.74, 6) is -0.0661. The van der Waals surface area contributed by atoms with Gasteiger partial charge in [0.05, 0.1) is 25.4 Å². The summed E-state index contributed by atoms with van der Waals surface area (Å²) in [4.78, 5) is 24.5. The molecule has 64 heavy (non-hydrogen) atoms. The summed E-state index contributed by atoms with van der Waals surface area (Å²) in [6.45, 7) is 4.87. The van der Waals surface area contributed by atoms with Crippen molar-refractivity contribution in [3.05, 3.63) is 24.3 Å². The zero-order valence-electron chi connectivity index (χ0n) is 43.0. The number of allylic oxidation sites excluding steroid dienone is 4. The first-order valence-corrected chi connectivity index (χ1v) is 28.6. The van der Waals surface area contributed by atoms with E-state index >= 15 is 0 Å². The first kappa shape index (κ1) is 62.3. The molecule has 0 aliphatic carbocycles. The Kier molecular flexibility index (Phi) is 52.6. The highest BCUT2D eigenvalue weighted by Gasteiger charge is 2.20. The Labute approximate surface area is 399 Å². The van der Waals surface area contributed by atoms with Gasteiger partial charge in [-0.2, -0.15) is 0 Å². The molecule has 0 aromatic heterocycles. The van der Waals surface area contributed by atoms with Gasteiger partial charge in [0, 0.05) is 12.8 Å². The van der Waals surface area contributed by atoms with Crippen LogP contribution in [0, 0.1) is 0 Å². The largest absolute Gasteiger partial charge is 0.466 e. The predicted molar refractivity (Wildman–Crippen MR) is 278 cm³/mol. The molecule has 0 saturated carbocycles. The van der Waals surface area contributed by atoms with Crippen molar-refractivity contribution in [2.24, 2.45) is 0 Å². The van der Waals surface area contributed by atoms with Crippen LogP contribution in [0.3, 0.4) is 0 Å². The fourth-order valence-corrected chi connectivity index (χ4v) is 8.85. The Hall–Kier alpha value is -1.66. The van der Waals surface area contributed by atoms with Gasteiger partial charge in [-0.1, -0.05) is 269 Å². The Morgan fingerprint density at radius 1 is 0.438 bits per heavy atom. The standard InChI is InChI=1S/C58H111NO5/c1-3-5-7-9-11-13-15-17-18-19-20-21-22-23-24-27-30-34-38-42-46-50-56(61)55(54-60)59-57(62)51-47-43-39-35-31-28-25-29-33-37-41-45-49-53-64-58(63)52-48-44-40-36-32-26-16-14-12-10-8-6-4-2/h8,10,14,16,55-56,60-61H,3-7,9,11-13,15,17-54H2,1-2H3,(H,59,62)/b10-8-,16-14-. The minimum Gasteiger partial charge on any atom is -0.466 e. The Morgan fingerprint density at radius 2 is 0.812 bits per heavy atom. The van der Waals surface area contributed by atoms with E-state index in [1.807, 2.05) is 0 Å². The van der Waals surface area contributed by atoms with E-state index in [4.69, 9.17) is 4.74 Å². The number of amides is 1. The van der Waals surface area contributed by atoms with Crippen LogP contribution in [-0.2, 0) is 14.3 Å². The molecule has 2 unspecified atom stereocenters. The first-order valence-electron chi connectivity index (χ1n) is 28.6. The maximum absolute atomic E-state index is 12.5. The van der Waals surface area contributed by atoms with Crippen LogP contribution in [0.2, 0.25) is 0 Å². The maximum Gasteiger partial charge on any atom is 0.305 e. The SMILES string of the molecule is CCC/C=C\C/C=C\CCCCCCCC(=O)OCCCCCCCCCCCCCCCC(=O)NC(CO)C(O)CCCCCCCCCCCCCCCCCCCCCCC. The number of hydrogen-bond acceptors (Lipinski definition) is 5. The van der Waals surface area contributed by atoms with Crippen LogP contribution < -0.4 is 5.32 Å². The lowest BCUT2D eigenvalue weighted by molar-refractivity contribution is -0.143. The van der Waals surface area contributed by atoms with Crippen LogP contribution >= 0.6 is 0 Å². The number of nitrogens with one attached hydrogen (secondary N) is 1. The molecule has 0 aliphatic rings. The second-order valence-electron chi connectivity index (χ2n) is 19.6. The Balaban J connectivity index is 3.46. The third kappa shape index (κ3) is 49.8. The summed E-state index contributed by atoms with van der Waals surface area (Å²) in [5.41, 5.74) is 0. The molecular weight excluding hydrogens is 791 g/mol. The highest BCUT2D eigenvalue weighted by molar-refractivity contribution is 5.76. The Bertz CT molecular complexity index is 997. The summed E-state index contributed by atoms with van der Waals surface area (Å²) in [5, 5.41) is 23.3. The Morgan fingerprint density at radius 3 is 1.25 bits per heavy atom. The molecule has 0 aromatic rings. The highest BCUT2D eigenvalue weighted by atomic mass is 16.5. The van der Waals surface area contributed by atoms with Gasteiger partial charge >= 0.3 is 5.97 Å². The lowest BCUT2D eigenvalue weighted by atomic mass is 10.0. The minimum absolute atomic E-state index is 0.0201. The van der Waals surface area contributed by atoms with Crippen molar-refractivity contribution < 1.29 is 24.5 Å². The van der Waals surface area contributed by atoms with Gasteiger partial charge < -0.3 is 20.3 Å². The van der Waals surface area contributed by atoms with E-state index in [1.54, 1.807) is 0 Å². The number of unbranched alkanes of at least 4 members (excludes halogenated alkanes) is 38. The highest BCUT2D eigenvalue weighted by Crippen LogP contribution is 2.17. The number of esters is 1. The molecule has 6 heteroatoms. The number of rotatable bonds is 53. The molecule has 0 fully saturated rings. The first-order chi connectivity index (χ1) is 31.5. The second-order valence-corrected chi connectivity index (χ2v) is 19.6. The third-order valence-corrected chi connectivity index (χ3v) is 13.2. The summed E-state index contributed by atoms with van der Waals surface area (Å²) in [7, 11) is 0. The normalized spacial score (nSPS) is 12.8. The molecule has 0 radical (unpaired) electrons. The van der Waals surface area contributed by atoms with Crippen molar-refractivity contribution in [1.29, 1.82) is 0 Å². The molecule has 2 atom stereocenters. The quantitative estimate of drug-likeness (QED) is 0.0321. The van der Waals surface area contributed by atoms with Crippen LogP contribution in [0.15, 0.2) is 24.3 Å². The fraction of sp³-hybridized carbons (Fsp3) is 0.897. The van der Waals surface area contributed by atoms with Crippen molar-refractivity contribution in [2.45, 2.75) is 321 Å². The molecule has 3 N–H and O–H groups in total. The van der Waals surface area contributed by atoms with Crippen molar-refractivity contribution in [3.63, 3.8) is 0 Å². The fourth-order valence-electron chi connectivity index (χ4n) is 8.85. The monoisotopic (exact) mass is 902 g/mol. The van der Waals surface area contributed by atoms with Crippen LogP contribution in [0.4, 0.5) is 0 Å². The summed E-state index contributed by atoms with van der Waals surface area (Å²) < 4.78 is 5.45. The van der Waals surface area contributed by atoms with Crippen molar-refractivity contribution in [3.8, 4) is 0 Å². The molecule has 1 amide bonds. The number of carbonyl (C=O) groups is 2. The van der Waals surface area contributed by atoms with Gasteiger partial charge in [-0.3, -0.25) is 9.59 Å². The summed E-state index contributed by atoms with van der Waals surface area (Å²) in [6.07, 6.45) is 64.5. The molecular formula is C58H111NO5. The smallest absolute Gasteiger partial charge is 0.305 e. The maximum atomic E-state index is 12.5. The van der Waals surface area contributed by atoms with Gasteiger partial charge in [-0.05, 0) is 51.4 Å². The topological polar surface area (TPSA) is 95.9 Å². The molecule has 0 heterocycles. The van der Waals surface area contributed by atoms with E-state index in [1.165, 1.54) is 212 Å². The van der Waals surface area contributed by atoms with Gasteiger partial charge in [-0.25, -0.2) is 0 Å². The molecule has 0 bridgehead atoms. The molecule has 0 aliphatic heterocycles. The minimum atomic E-state index is -0.674. The lowest BCUT2D eigenvalue weighted by Crippen LogP contribution is -2.45. The molecule has 0 aromatic carbocycles. The number of ether oxygens (including phenoxy) is 1. The van der Waals surface area contributed by atoms with Crippen molar-refractivity contribution >= 4 is 11.9 Å². The summed E-state index contributed by atoms with van der Waals surface area (Å²) >= 11 is 0.